The van der Waals surface area contributed by atoms with Crippen LogP contribution in [0.5, 0.6) is 5.75 Å². The summed E-state index contributed by atoms with van der Waals surface area (Å²) < 4.78 is 46.5. The third-order valence-electron chi connectivity index (χ3n) is 2.94. The zero-order valence-electron chi connectivity index (χ0n) is 11.0. The van der Waals surface area contributed by atoms with E-state index in [4.69, 9.17) is 9.84 Å². The van der Waals surface area contributed by atoms with Crippen molar-refractivity contribution in [1.29, 1.82) is 0 Å². The molecule has 110 valence electrons. The van der Waals surface area contributed by atoms with Gasteiger partial charge in [0.05, 0.1) is 13.5 Å². The zero-order chi connectivity index (χ0) is 15.6. The number of rotatable bonds is 4. The predicted molar refractivity (Wildman–Crippen MR) is 69.6 cm³/mol. The molecule has 2 aromatic carbocycles. The Bertz CT molecular complexity index is 699. The molecule has 0 aromatic heterocycles. The maximum Gasteiger partial charge on any atom is 0.307 e. The Morgan fingerprint density at radius 1 is 1.05 bits per heavy atom. The fraction of sp³-hybridized carbons (Fsp3) is 0.133. The van der Waals surface area contributed by atoms with E-state index in [1.165, 1.54) is 19.2 Å². The van der Waals surface area contributed by atoms with E-state index in [1.807, 2.05) is 0 Å². The molecule has 1 N–H and O–H groups in total. The molecule has 6 heteroatoms. The van der Waals surface area contributed by atoms with Crippen LogP contribution in [0.15, 0.2) is 30.3 Å². The Balaban J connectivity index is 2.50. The molecule has 0 saturated heterocycles. The highest BCUT2D eigenvalue weighted by atomic mass is 19.1. The summed E-state index contributed by atoms with van der Waals surface area (Å²) in [6.07, 6.45) is -0.645. The Morgan fingerprint density at radius 3 is 2.29 bits per heavy atom. The van der Waals surface area contributed by atoms with Gasteiger partial charge in [-0.05, 0) is 24.3 Å². The second kappa shape index (κ2) is 5.87. The minimum atomic E-state index is -1.28. The van der Waals surface area contributed by atoms with Crippen molar-refractivity contribution in [2.24, 2.45) is 0 Å². The normalized spacial score (nSPS) is 10.5. The van der Waals surface area contributed by atoms with Crippen molar-refractivity contribution >= 4 is 5.97 Å². The lowest BCUT2D eigenvalue weighted by Crippen LogP contribution is -2.04. The maximum atomic E-state index is 14.0. The lowest BCUT2D eigenvalue weighted by molar-refractivity contribution is -0.136. The van der Waals surface area contributed by atoms with Crippen LogP contribution in [0.4, 0.5) is 13.2 Å². The van der Waals surface area contributed by atoms with Crippen LogP contribution in [0, 0.1) is 17.5 Å². The summed E-state index contributed by atoms with van der Waals surface area (Å²) in [7, 11) is 1.36. The van der Waals surface area contributed by atoms with Crippen LogP contribution in [0.2, 0.25) is 0 Å². The Hall–Kier alpha value is -2.50. The number of carboxylic acid groups (broad SMARTS) is 1. The first-order valence-corrected chi connectivity index (χ1v) is 5.96. The number of carbonyl (C=O) groups is 1. The van der Waals surface area contributed by atoms with E-state index in [9.17, 15) is 18.0 Å². The molecule has 0 amide bonds. The number of halogens is 3. The van der Waals surface area contributed by atoms with Crippen LogP contribution < -0.4 is 4.74 Å². The standard InChI is InChI=1S/C15H11F3O3/c1-21-9-2-3-10(14(18)6-9)11-7-12(16)8(4-13(11)17)5-15(19)20/h2-4,6-7H,5H2,1H3,(H,19,20). The number of benzene rings is 2. The summed E-state index contributed by atoms with van der Waals surface area (Å²) in [5.74, 6) is -3.59. The van der Waals surface area contributed by atoms with Crippen LogP contribution in [0.3, 0.4) is 0 Å². The summed E-state index contributed by atoms with van der Waals surface area (Å²) >= 11 is 0. The van der Waals surface area contributed by atoms with Crippen LogP contribution in [-0.2, 0) is 11.2 Å². The molecule has 0 aliphatic rings. The summed E-state index contributed by atoms with van der Waals surface area (Å²) in [6, 6.07) is 5.29. The number of aliphatic carboxylic acids is 1. The molecule has 0 aliphatic carbocycles. The lowest BCUT2D eigenvalue weighted by atomic mass is 10.0. The van der Waals surface area contributed by atoms with E-state index in [0.717, 1.165) is 18.2 Å². The predicted octanol–water partition coefficient (Wildman–Crippen LogP) is 3.41. The summed E-state index contributed by atoms with van der Waals surface area (Å²) in [6.45, 7) is 0. The number of hydrogen-bond acceptors (Lipinski definition) is 2. The van der Waals surface area contributed by atoms with Gasteiger partial charge >= 0.3 is 5.97 Å². The molecule has 3 nitrogen and oxygen atoms in total. The average molecular weight is 296 g/mol. The highest BCUT2D eigenvalue weighted by molar-refractivity contribution is 5.72. The van der Waals surface area contributed by atoms with Gasteiger partial charge in [0, 0.05) is 22.8 Å². The number of ether oxygens (including phenoxy) is 1. The van der Waals surface area contributed by atoms with E-state index < -0.39 is 29.8 Å². The van der Waals surface area contributed by atoms with Gasteiger partial charge in [0.25, 0.3) is 0 Å². The monoisotopic (exact) mass is 296 g/mol. The molecule has 0 bridgehead atoms. The summed E-state index contributed by atoms with van der Waals surface area (Å²) in [5, 5.41) is 8.61. The third kappa shape index (κ3) is 3.16. The SMILES string of the molecule is COc1ccc(-c2cc(F)c(CC(=O)O)cc2F)c(F)c1. The number of hydrogen-bond donors (Lipinski definition) is 1. The largest absolute Gasteiger partial charge is 0.497 e. The van der Waals surface area contributed by atoms with E-state index in [1.54, 1.807) is 0 Å². The van der Waals surface area contributed by atoms with Gasteiger partial charge in [0.15, 0.2) is 0 Å². The van der Waals surface area contributed by atoms with E-state index >= 15 is 0 Å². The van der Waals surface area contributed by atoms with Crippen LogP contribution >= 0.6 is 0 Å². The first-order chi connectivity index (χ1) is 9.92. The van der Waals surface area contributed by atoms with Crippen LogP contribution in [0.1, 0.15) is 5.56 Å². The highest BCUT2D eigenvalue weighted by Gasteiger charge is 2.16. The first kappa shape index (κ1) is 14.9. The number of carboxylic acids is 1. The second-order valence-electron chi connectivity index (χ2n) is 4.34. The third-order valence-corrected chi connectivity index (χ3v) is 2.94. The quantitative estimate of drug-likeness (QED) is 0.940. The highest BCUT2D eigenvalue weighted by Crippen LogP contribution is 2.30. The first-order valence-electron chi connectivity index (χ1n) is 5.96. The molecule has 0 saturated carbocycles. The molecule has 0 atom stereocenters. The van der Waals surface area contributed by atoms with E-state index in [2.05, 4.69) is 0 Å². The molecule has 21 heavy (non-hydrogen) atoms. The lowest BCUT2D eigenvalue weighted by Gasteiger charge is -2.09. The van der Waals surface area contributed by atoms with Gasteiger partial charge in [-0.1, -0.05) is 0 Å². The summed E-state index contributed by atoms with van der Waals surface area (Å²) in [5.41, 5.74) is -0.700. The van der Waals surface area contributed by atoms with Gasteiger partial charge in [0.2, 0.25) is 0 Å². The van der Waals surface area contributed by atoms with E-state index in [0.29, 0.717) is 0 Å². The van der Waals surface area contributed by atoms with Crippen molar-refractivity contribution in [3.05, 3.63) is 53.3 Å². The Labute approximate surface area is 118 Å². The van der Waals surface area contributed by atoms with Gasteiger partial charge in [-0.2, -0.15) is 0 Å². The van der Waals surface area contributed by atoms with Crippen molar-refractivity contribution in [2.45, 2.75) is 6.42 Å². The Morgan fingerprint density at radius 2 is 1.71 bits per heavy atom. The molecular formula is C15H11F3O3. The fourth-order valence-corrected chi connectivity index (χ4v) is 1.93. The van der Waals surface area contributed by atoms with Crippen molar-refractivity contribution in [1.82, 2.24) is 0 Å². The molecule has 2 rings (SSSR count). The topological polar surface area (TPSA) is 46.5 Å². The van der Waals surface area contributed by atoms with Crippen molar-refractivity contribution in [2.75, 3.05) is 7.11 Å². The Kier molecular flexibility index (Phi) is 4.16. The second-order valence-corrected chi connectivity index (χ2v) is 4.34. The number of methoxy groups -OCH3 is 1. The van der Waals surface area contributed by atoms with Gasteiger partial charge < -0.3 is 9.84 Å². The van der Waals surface area contributed by atoms with Crippen molar-refractivity contribution < 1.29 is 27.8 Å². The molecule has 0 spiro atoms. The van der Waals surface area contributed by atoms with Crippen LogP contribution in [-0.4, -0.2) is 18.2 Å². The molecule has 2 aromatic rings. The van der Waals surface area contributed by atoms with Crippen LogP contribution in [0.25, 0.3) is 11.1 Å². The van der Waals surface area contributed by atoms with Gasteiger partial charge in [0.1, 0.15) is 23.2 Å². The smallest absolute Gasteiger partial charge is 0.307 e. The van der Waals surface area contributed by atoms with E-state index in [-0.39, 0.29) is 22.4 Å². The van der Waals surface area contributed by atoms with Crippen molar-refractivity contribution in [3.63, 3.8) is 0 Å². The molecule has 0 unspecified atom stereocenters. The summed E-state index contributed by atoms with van der Waals surface area (Å²) in [4.78, 5) is 10.5. The van der Waals surface area contributed by atoms with Crippen molar-refractivity contribution in [3.8, 4) is 16.9 Å². The molecule has 0 fully saturated rings. The van der Waals surface area contributed by atoms with Gasteiger partial charge in [-0.25, -0.2) is 13.2 Å². The molecule has 0 aliphatic heterocycles. The minimum absolute atomic E-state index is 0.130. The zero-order valence-corrected chi connectivity index (χ0v) is 11.0. The maximum absolute atomic E-state index is 14.0. The minimum Gasteiger partial charge on any atom is -0.497 e. The average Bonchev–Trinajstić information content (AvgIpc) is 2.42. The molecule has 0 radical (unpaired) electrons. The fourth-order valence-electron chi connectivity index (χ4n) is 1.93. The molecular weight excluding hydrogens is 285 g/mol. The van der Waals surface area contributed by atoms with Gasteiger partial charge in [-0.3, -0.25) is 4.79 Å². The van der Waals surface area contributed by atoms with Gasteiger partial charge in [-0.15, -0.1) is 0 Å². The molecule has 0 heterocycles.